The highest BCUT2D eigenvalue weighted by Gasteiger charge is 2.47. The van der Waals surface area contributed by atoms with E-state index in [0.717, 1.165) is 19.3 Å². The molecule has 138 valence electrons. The van der Waals surface area contributed by atoms with Crippen molar-refractivity contribution in [1.29, 1.82) is 0 Å². The molecule has 0 bridgehead atoms. The van der Waals surface area contributed by atoms with Crippen LogP contribution in [0.5, 0.6) is 0 Å². The zero-order valence-corrected chi connectivity index (χ0v) is 16.5. The number of esters is 1. The lowest BCUT2D eigenvalue weighted by Crippen LogP contribution is -2.60. The number of hydrogen-bond donors (Lipinski definition) is 1. The highest BCUT2D eigenvalue weighted by Crippen LogP contribution is 2.16. The Kier molecular flexibility index (Phi) is 13.6. The van der Waals surface area contributed by atoms with Crippen molar-refractivity contribution in [3.8, 4) is 0 Å². The smallest absolute Gasteiger partial charge is 0.439 e. The topological polar surface area (TPSA) is 66.0 Å². The van der Waals surface area contributed by atoms with E-state index >= 15 is 0 Å². The van der Waals surface area contributed by atoms with Crippen LogP contribution in [0.2, 0.25) is 0 Å². The second-order valence-corrected chi connectivity index (χ2v) is 8.57. The minimum Gasteiger partial charge on any atom is -0.439 e. The van der Waals surface area contributed by atoms with E-state index in [-0.39, 0.29) is 18.4 Å². The second-order valence-electron chi connectivity index (χ2n) is 5.56. The van der Waals surface area contributed by atoms with Gasteiger partial charge in [0.2, 0.25) is 0 Å². The van der Waals surface area contributed by atoms with E-state index in [1.807, 2.05) is 14.0 Å². The molecule has 0 aliphatic heterocycles. The molecule has 1 unspecified atom stereocenters. The predicted octanol–water partition coefficient (Wildman–Crippen LogP) is 3.02. The van der Waals surface area contributed by atoms with Crippen molar-refractivity contribution < 1.29 is 22.8 Å². The van der Waals surface area contributed by atoms with Gasteiger partial charge in [0.25, 0.3) is 0 Å². The average Bonchev–Trinajstić information content (AvgIpc) is 2.57. The van der Waals surface area contributed by atoms with Gasteiger partial charge < -0.3 is 23.3 Å². The Morgan fingerprint density at radius 2 is 1.65 bits per heavy atom. The predicted molar refractivity (Wildman–Crippen MR) is 92.9 cm³/mol. The van der Waals surface area contributed by atoms with Crippen LogP contribution in [0.25, 0.3) is 0 Å². The lowest BCUT2D eigenvalue weighted by molar-refractivity contribution is -0.153. The largest absolute Gasteiger partial charge is 0.520 e. The number of rotatable bonds is 15. The van der Waals surface area contributed by atoms with Crippen LogP contribution >= 0.6 is 0 Å². The Balaban J connectivity index is 4.02. The zero-order chi connectivity index (χ0) is 17.6. The van der Waals surface area contributed by atoms with Gasteiger partial charge in [-0.2, -0.15) is 0 Å². The van der Waals surface area contributed by atoms with Crippen molar-refractivity contribution >= 4 is 14.8 Å². The van der Waals surface area contributed by atoms with E-state index in [4.69, 9.17) is 18.0 Å². The first-order valence-corrected chi connectivity index (χ1v) is 10.5. The van der Waals surface area contributed by atoms with Gasteiger partial charge in [0.05, 0.1) is 5.67 Å². The van der Waals surface area contributed by atoms with Gasteiger partial charge in [-0.1, -0.05) is 46.0 Å². The number of hydrogen-bond acceptors (Lipinski definition) is 6. The standard InChI is InChI=1S/C16H35NO5Si/c1-6-8-9-10-11-12-13-16(18)21-14-22-23(19-4,20-5)15(7-2)17-3/h15,17H,6-14H2,1-5H3. The second kappa shape index (κ2) is 13.9. The minimum atomic E-state index is -2.88. The summed E-state index contributed by atoms with van der Waals surface area (Å²) in [7, 11) is 2.08. The van der Waals surface area contributed by atoms with Gasteiger partial charge in [-0.3, -0.25) is 4.79 Å². The van der Waals surface area contributed by atoms with Crippen molar-refractivity contribution in [3.63, 3.8) is 0 Å². The molecular weight excluding hydrogens is 314 g/mol. The van der Waals surface area contributed by atoms with Crippen LogP contribution in [0, 0.1) is 0 Å². The van der Waals surface area contributed by atoms with E-state index in [1.165, 1.54) is 25.7 Å². The third-order valence-corrected chi connectivity index (χ3v) is 7.18. The fraction of sp³-hybridized carbons (Fsp3) is 0.938. The van der Waals surface area contributed by atoms with Crippen molar-refractivity contribution in [2.45, 2.75) is 70.9 Å². The van der Waals surface area contributed by atoms with Crippen LogP contribution in [0.4, 0.5) is 0 Å². The normalized spacial score (nSPS) is 13.1. The van der Waals surface area contributed by atoms with Crippen molar-refractivity contribution in [2.24, 2.45) is 0 Å². The molecule has 0 rings (SSSR count). The SMILES string of the molecule is CCCCCCCCC(=O)OCO[Si](OC)(OC)C(CC)NC. The highest BCUT2D eigenvalue weighted by molar-refractivity contribution is 6.62. The number of nitrogens with one attached hydrogen (secondary N) is 1. The summed E-state index contributed by atoms with van der Waals surface area (Å²) in [5.41, 5.74) is -0.0326. The monoisotopic (exact) mass is 349 g/mol. The quantitative estimate of drug-likeness (QED) is 0.212. The molecule has 0 aromatic heterocycles. The summed E-state index contributed by atoms with van der Waals surface area (Å²) in [6.45, 7) is 4.09. The van der Waals surface area contributed by atoms with Crippen LogP contribution in [-0.4, -0.2) is 48.5 Å². The van der Waals surface area contributed by atoms with E-state index in [2.05, 4.69) is 12.2 Å². The summed E-state index contributed by atoms with van der Waals surface area (Å²) in [4.78, 5) is 11.7. The molecule has 0 fully saturated rings. The van der Waals surface area contributed by atoms with Gasteiger partial charge in [-0.15, -0.1) is 0 Å². The molecule has 23 heavy (non-hydrogen) atoms. The first kappa shape index (κ1) is 22.5. The van der Waals surface area contributed by atoms with Crippen LogP contribution < -0.4 is 5.32 Å². The van der Waals surface area contributed by atoms with Crippen molar-refractivity contribution in [2.75, 3.05) is 28.1 Å². The molecule has 1 N–H and O–H groups in total. The number of carbonyl (C=O) groups excluding carboxylic acids is 1. The van der Waals surface area contributed by atoms with Gasteiger partial charge in [-0.05, 0) is 19.9 Å². The van der Waals surface area contributed by atoms with Crippen molar-refractivity contribution in [1.82, 2.24) is 5.32 Å². The fourth-order valence-corrected chi connectivity index (χ4v) is 4.77. The Morgan fingerprint density at radius 3 is 2.17 bits per heavy atom. The molecule has 7 heteroatoms. The van der Waals surface area contributed by atoms with Gasteiger partial charge >= 0.3 is 14.8 Å². The zero-order valence-electron chi connectivity index (χ0n) is 15.5. The lowest BCUT2D eigenvalue weighted by atomic mass is 10.1. The first-order valence-electron chi connectivity index (χ1n) is 8.67. The van der Waals surface area contributed by atoms with Gasteiger partial charge in [-0.25, -0.2) is 0 Å². The maximum absolute atomic E-state index is 11.7. The molecule has 0 spiro atoms. The fourth-order valence-electron chi connectivity index (χ4n) is 2.52. The molecule has 0 aliphatic rings. The molecule has 0 radical (unpaired) electrons. The molecule has 0 amide bonds. The van der Waals surface area contributed by atoms with Gasteiger partial charge in [0.1, 0.15) is 0 Å². The minimum absolute atomic E-state index is 0.0326. The maximum Gasteiger partial charge on any atom is 0.520 e. The Labute approximate surface area is 142 Å². The summed E-state index contributed by atoms with van der Waals surface area (Å²) >= 11 is 0. The highest BCUT2D eigenvalue weighted by atomic mass is 28.4. The van der Waals surface area contributed by atoms with E-state index in [0.29, 0.717) is 6.42 Å². The Bertz CT molecular complexity index is 296. The summed E-state index contributed by atoms with van der Waals surface area (Å²) in [6, 6.07) is 0. The summed E-state index contributed by atoms with van der Waals surface area (Å²) in [6.07, 6.45) is 8.10. The Hall–Kier alpha value is -0.473. The molecule has 0 aromatic carbocycles. The molecular formula is C16H35NO5Si. The Morgan fingerprint density at radius 1 is 1.04 bits per heavy atom. The van der Waals surface area contributed by atoms with Crippen molar-refractivity contribution in [3.05, 3.63) is 0 Å². The van der Waals surface area contributed by atoms with Crippen LogP contribution in [0.15, 0.2) is 0 Å². The molecule has 0 aromatic rings. The van der Waals surface area contributed by atoms with E-state index in [9.17, 15) is 4.79 Å². The van der Waals surface area contributed by atoms with Gasteiger partial charge in [0, 0.05) is 20.6 Å². The molecule has 6 nitrogen and oxygen atoms in total. The molecule has 0 aliphatic carbocycles. The molecule has 1 atom stereocenters. The summed E-state index contributed by atoms with van der Waals surface area (Å²) in [5.74, 6) is -0.229. The molecule has 0 saturated carbocycles. The number of ether oxygens (including phenoxy) is 1. The van der Waals surface area contributed by atoms with E-state index in [1.54, 1.807) is 14.2 Å². The third-order valence-electron chi connectivity index (χ3n) is 3.97. The first-order chi connectivity index (χ1) is 11.1. The number of unbranched alkanes of at least 4 members (excludes halogenated alkanes) is 5. The average molecular weight is 350 g/mol. The van der Waals surface area contributed by atoms with Crippen LogP contribution in [0.1, 0.15) is 65.2 Å². The number of carbonyl (C=O) groups is 1. The summed E-state index contributed by atoms with van der Waals surface area (Å²) in [5, 5.41) is 3.14. The van der Waals surface area contributed by atoms with Crippen LogP contribution in [-0.2, 0) is 22.8 Å². The molecule has 0 heterocycles. The van der Waals surface area contributed by atoms with Crippen LogP contribution in [0.3, 0.4) is 0 Å². The summed E-state index contributed by atoms with van der Waals surface area (Å²) < 4.78 is 21.8. The molecule has 0 saturated heterocycles. The lowest BCUT2D eigenvalue weighted by Gasteiger charge is -2.32. The maximum atomic E-state index is 11.7. The van der Waals surface area contributed by atoms with Gasteiger partial charge in [0.15, 0.2) is 6.79 Å². The third kappa shape index (κ3) is 8.81. The van der Waals surface area contributed by atoms with E-state index < -0.39 is 8.80 Å².